The number of aliphatic hydroxyl groups is 1. The van der Waals surface area contributed by atoms with Crippen molar-refractivity contribution < 1.29 is 5.11 Å². The lowest BCUT2D eigenvalue weighted by Gasteiger charge is -2.37. The molecule has 0 aromatic carbocycles. The highest BCUT2D eigenvalue weighted by Gasteiger charge is 2.34. The first-order valence-corrected chi connectivity index (χ1v) is 4.42. The first kappa shape index (κ1) is 8.79. The van der Waals surface area contributed by atoms with Crippen LogP contribution in [0.15, 0.2) is 12.2 Å². The van der Waals surface area contributed by atoms with E-state index < -0.39 is 5.60 Å². The Morgan fingerprint density at radius 2 is 2.18 bits per heavy atom. The van der Waals surface area contributed by atoms with Gasteiger partial charge < -0.3 is 5.11 Å². The van der Waals surface area contributed by atoms with Crippen molar-refractivity contribution in [3.8, 4) is 0 Å². The fourth-order valence-electron chi connectivity index (χ4n) is 2.09. The average Bonchev–Trinajstić information content (AvgIpc) is 1.85. The molecule has 11 heavy (non-hydrogen) atoms. The molecule has 0 heterocycles. The largest absolute Gasteiger partial charge is 0.390 e. The zero-order valence-electron chi connectivity index (χ0n) is 7.56. The molecule has 64 valence electrons. The molecule has 1 nitrogen and oxygen atoms in total. The van der Waals surface area contributed by atoms with Crippen LogP contribution in [0.25, 0.3) is 0 Å². The summed E-state index contributed by atoms with van der Waals surface area (Å²) < 4.78 is 0. The molecule has 0 amide bonds. The molecule has 0 aromatic rings. The third-order valence-corrected chi connectivity index (χ3v) is 2.77. The highest BCUT2D eigenvalue weighted by Crippen LogP contribution is 2.36. The molecule has 1 N–H and O–H groups in total. The molecule has 1 rings (SSSR count). The molecular weight excluding hydrogens is 136 g/mol. The Bertz CT molecular complexity index is 158. The molecule has 0 bridgehead atoms. The van der Waals surface area contributed by atoms with Gasteiger partial charge in [0.25, 0.3) is 0 Å². The summed E-state index contributed by atoms with van der Waals surface area (Å²) in [5.74, 6) is 0.330. The average molecular weight is 154 g/mol. The van der Waals surface area contributed by atoms with Crippen molar-refractivity contribution in [2.75, 3.05) is 0 Å². The topological polar surface area (TPSA) is 20.2 Å². The Balaban J connectivity index is 2.67. The van der Waals surface area contributed by atoms with Crippen molar-refractivity contribution in [2.45, 2.75) is 45.1 Å². The third-order valence-electron chi connectivity index (χ3n) is 2.77. The van der Waals surface area contributed by atoms with E-state index in [2.05, 4.69) is 6.58 Å². The van der Waals surface area contributed by atoms with Crippen LogP contribution in [-0.2, 0) is 0 Å². The quantitative estimate of drug-likeness (QED) is 0.575. The van der Waals surface area contributed by atoms with Crippen LogP contribution in [0.4, 0.5) is 0 Å². The van der Waals surface area contributed by atoms with E-state index in [0.29, 0.717) is 5.92 Å². The van der Waals surface area contributed by atoms with Crippen LogP contribution in [0.2, 0.25) is 0 Å². The Hall–Kier alpha value is -0.300. The van der Waals surface area contributed by atoms with Crippen molar-refractivity contribution in [3.63, 3.8) is 0 Å². The van der Waals surface area contributed by atoms with E-state index >= 15 is 0 Å². The van der Waals surface area contributed by atoms with E-state index in [1.165, 1.54) is 6.42 Å². The van der Waals surface area contributed by atoms with Crippen LogP contribution in [-0.4, -0.2) is 10.7 Å². The van der Waals surface area contributed by atoms with Gasteiger partial charge in [-0.05, 0) is 26.7 Å². The van der Waals surface area contributed by atoms with Crippen molar-refractivity contribution in [3.05, 3.63) is 12.2 Å². The summed E-state index contributed by atoms with van der Waals surface area (Å²) in [5.41, 5.74) is 0.652. The lowest BCUT2D eigenvalue weighted by molar-refractivity contribution is -0.0164. The number of hydrogen-bond donors (Lipinski definition) is 1. The molecule has 0 aliphatic heterocycles. The molecule has 1 aliphatic rings. The molecule has 2 atom stereocenters. The molecule has 1 heteroatoms. The highest BCUT2D eigenvalue weighted by molar-refractivity contribution is 5.05. The summed E-state index contributed by atoms with van der Waals surface area (Å²) in [4.78, 5) is 0. The second-order valence-corrected chi connectivity index (χ2v) is 4.00. The smallest absolute Gasteiger partial charge is 0.0684 e. The maximum Gasteiger partial charge on any atom is 0.0684 e. The third kappa shape index (κ3) is 1.84. The summed E-state index contributed by atoms with van der Waals surface area (Å²) in [5, 5.41) is 9.94. The minimum atomic E-state index is -0.482. The van der Waals surface area contributed by atoms with Crippen molar-refractivity contribution in [2.24, 2.45) is 5.92 Å². The summed E-state index contributed by atoms with van der Waals surface area (Å²) >= 11 is 0. The predicted molar refractivity (Wildman–Crippen MR) is 47.4 cm³/mol. The van der Waals surface area contributed by atoms with E-state index in [1.807, 2.05) is 13.8 Å². The maximum atomic E-state index is 9.94. The highest BCUT2D eigenvalue weighted by atomic mass is 16.3. The fourth-order valence-corrected chi connectivity index (χ4v) is 2.09. The monoisotopic (exact) mass is 154 g/mol. The van der Waals surface area contributed by atoms with Crippen LogP contribution in [0.1, 0.15) is 39.5 Å². The van der Waals surface area contributed by atoms with Gasteiger partial charge in [-0.3, -0.25) is 0 Å². The zero-order valence-corrected chi connectivity index (χ0v) is 7.56. The van der Waals surface area contributed by atoms with E-state index in [1.54, 1.807) is 0 Å². The molecule has 1 aliphatic carbocycles. The van der Waals surface area contributed by atoms with Crippen molar-refractivity contribution in [1.29, 1.82) is 0 Å². The first-order chi connectivity index (χ1) is 5.04. The molecule has 0 saturated heterocycles. The van der Waals surface area contributed by atoms with Gasteiger partial charge in [0.1, 0.15) is 0 Å². The molecule has 0 unspecified atom stereocenters. The van der Waals surface area contributed by atoms with E-state index in [-0.39, 0.29) is 0 Å². The summed E-state index contributed by atoms with van der Waals surface area (Å²) in [6.45, 7) is 7.87. The lowest BCUT2D eigenvalue weighted by atomic mass is 9.73. The van der Waals surface area contributed by atoms with Crippen LogP contribution in [0, 0.1) is 5.92 Å². The predicted octanol–water partition coefficient (Wildman–Crippen LogP) is 2.50. The van der Waals surface area contributed by atoms with Crippen LogP contribution in [0.5, 0.6) is 0 Å². The second-order valence-electron chi connectivity index (χ2n) is 4.00. The van der Waals surface area contributed by atoms with Gasteiger partial charge in [0, 0.05) is 5.92 Å². The van der Waals surface area contributed by atoms with Crippen LogP contribution >= 0.6 is 0 Å². The standard InChI is InChI=1S/C10H18O/c1-8(2)9-6-4-5-7-10(9,3)11/h9,11H,1,4-7H2,2-3H3/t9-,10+/m0/s1. The Kier molecular flexibility index (Phi) is 2.38. The minimum absolute atomic E-state index is 0.330. The van der Waals surface area contributed by atoms with Crippen molar-refractivity contribution >= 4 is 0 Å². The normalized spacial score (nSPS) is 38.6. The van der Waals surface area contributed by atoms with Gasteiger partial charge in [0.15, 0.2) is 0 Å². The van der Waals surface area contributed by atoms with Gasteiger partial charge in [-0.1, -0.05) is 25.0 Å². The van der Waals surface area contributed by atoms with Gasteiger partial charge in [-0.25, -0.2) is 0 Å². The fraction of sp³-hybridized carbons (Fsp3) is 0.800. The Morgan fingerprint density at radius 1 is 1.55 bits per heavy atom. The van der Waals surface area contributed by atoms with Gasteiger partial charge >= 0.3 is 0 Å². The van der Waals surface area contributed by atoms with Gasteiger partial charge in [-0.2, -0.15) is 0 Å². The SMILES string of the molecule is C=C(C)[C@@H]1CCCC[C@@]1(C)O. The number of rotatable bonds is 1. The molecule has 1 fully saturated rings. The van der Waals surface area contributed by atoms with Gasteiger partial charge in [0.2, 0.25) is 0 Å². The lowest BCUT2D eigenvalue weighted by Crippen LogP contribution is -2.37. The van der Waals surface area contributed by atoms with Gasteiger partial charge in [0.05, 0.1) is 5.60 Å². The Morgan fingerprint density at radius 3 is 2.55 bits per heavy atom. The van der Waals surface area contributed by atoms with Gasteiger partial charge in [-0.15, -0.1) is 0 Å². The molecule has 0 aromatic heterocycles. The van der Waals surface area contributed by atoms with E-state index in [9.17, 15) is 5.11 Å². The number of hydrogen-bond acceptors (Lipinski definition) is 1. The first-order valence-electron chi connectivity index (χ1n) is 4.42. The minimum Gasteiger partial charge on any atom is -0.390 e. The van der Waals surface area contributed by atoms with Crippen LogP contribution < -0.4 is 0 Å². The van der Waals surface area contributed by atoms with Crippen molar-refractivity contribution in [1.82, 2.24) is 0 Å². The van der Waals surface area contributed by atoms with E-state index in [0.717, 1.165) is 24.8 Å². The summed E-state index contributed by atoms with van der Waals surface area (Å²) in [6, 6.07) is 0. The Labute approximate surface area is 69.1 Å². The summed E-state index contributed by atoms with van der Waals surface area (Å²) in [6.07, 6.45) is 4.46. The molecule has 0 radical (unpaired) electrons. The molecule has 0 spiro atoms. The molecule has 1 saturated carbocycles. The van der Waals surface area contributed by atoms with E-state index in [4.69, 9.17) is 0 Å². The summed E-state index contributed by atoms with van der Waals surface area (Å²) in [7, 11) is 0. The second kappa shape index (κ2) is 2.98. The van der Waals surface area contributed by atoms with Crippen LogP contribution in [0.3, 0.4) is 0 Å². The zero-order chi connectivity index (χ0) is 8.48. The molecular formula is C10H18O. The maximum absolute atomic E-state index is 9.94.